The average molecular weight is 631 g/mol. The first-order valence-electron chi connectivity index (χ1n) is 13.0. The normalized spacial score (nSPS) is 11.9. The highest BCUT2D eigenvalue weighted by Crippen LogP contribution is 2.26. The minimum absolute atomic E-state index is 0.0312. The fourth-order valence-corrected chi connectivity index (χ4v) is 1.86. The largest absolute Gasteiger partial charge is 0.394 e. The van der Waals surface area contributed by atoms with Gasteiger partial charge in [0.05, 0.1) is 106 Å². The third-order valence-corrected chi connectivity index (χ3v) is 4.28. The number of alkyl halides is 8. The molecule has 0 aromatic rings. The van der Waals surface area contributed by atoms with E-state index in [2.05, 4.69) is 0 Å². The van der Waals surface area contributed by atoms with Crippen molar-refractivity contribution >= 4 is 0 Å². The van der Waals surface area contributed by atoms with Crippen molar-refractivity contribution < 1.29 is 78.5 Å². The summed E-state index contributed by atoms with van der Waals surface area (Å²) < 4.78 is 127. The average Bonchev–Trinajstić information content (AvgIpc) is 2.94. The summed E-state index contributed by atoms with van der Waals surface area (Å²) in [5.74, 6) is -7.58. The summed E-state index contributed by atoms with van der Waals surface area (Å²) in [5, 5.41) is 17.0. The zero-order chi connectivity index (χ0) is 31.8. The lowest BCUT2D eigenvalue weighted by atomic mass is 10.3. The third kappa shape index (κ3) is 35.2. The Bertz CT molecular complexity index is 470. The van der Waals surface area contributed by atoms with Crippen molar-refractivity contribution in [1.29, 1.82) is 0 Å². The molecule has 0 bridgehead atoms. The number of aliphatic hydroxyl groups excluding tert-OH is 2. The Labute approximate surface area is 236 Å². The highest BCUT2D eigenvalue weighted by atomic mass is 19.3. The van der Waals surface area contributed by atoms with E-state index in [0.29, 0.717) is 92.5 Å². The van der Waals surface area contributed by atoms with Crippen molar-refractivity contribution in [2.45, 2.75) is 51.4 Å². The first kappa shape index (κ1) is 44.5. The van der Waals surface area contributed by atoms with Crippen molar-refractivity contribution in [2.24, 2.45) is 0 Å². The number of aliphatic hydroxyl groups is 2. The monoisotopic (exact) mass is 630 g/mol. The highest BCUT2D eigenvalue weighted by Gasteiger charge is 2.38. The molecular weight excluding hydrogens is 584 g/mol. The Morgan fingerprint density at radius 2 is 0.585 bits per heavy atom. The maximum Gasteiger partial charge on any atom is 0.307 e. The molecule has 0 saturated heterocycles. The fourth-order valence-electron chi connectivity index (χ4n) is 1.86. The van der Waals surface area contributed by atoms with Gasteiger partial charge < -0.3 is 43.4 Å². The molecule has 0 aromatic heterocycles. The molecule has 0 rings (SSSR count). The summed E-state index contributed by atoms with van der Waals surface area (Å²) >= 11 is 0. The van der Waals surface area contributed by atoms with E-state index in [1.807, 2.05) is 0 Å². The molecule has 41 heavy (non-hydrogen) atoms. The van der Waals surface area contributed by atoms with Gasteiger partial charge >= 0.3 is 24.7 Å². The summed E-state index contributed by atoms with van der Waals surface area (Å²) in [7, 11) is 0. The standard InChI is InChI=1S/C16H34O9.2C4H6F4/c17-1-3-19-5-7-21-9-11-23-13-15-25-16-14-24-12-10-22-8-6-20-4-2-18;2*1-2-4(7,8)3(5)6/h17-18H,1-16H2;2*3H,2H2,1H3. The van der Waals surface area contributed by atoms with E-state index in [0.717, 1.165) is 13.8 Å². The third-order valence-electron chi connectivity index (χ3n) is 4.28. The lowest BCUT2D eigenvalue weighted by Gasteiger charge is -2.10. The predicted octanol–water partition coefficient (Wildman–Crippen LogP) is 3.68. The van der Waals surface area contributed by atoms with E-state index < -0.39 is 37.5 Å². The van der Waals surface area contributed by atoms with Crippen LogP contribution in [0.1, 0.15) is 26.7 Å². The van der Waals surface area contributed by atoms with Gasteiger partial charge in [0.25, 0.3) is 0 Å². The van der Waals surface area contributed by atoms with Crippen LogP contribution in [0.25, 0.3) is 0 Å². The van der Waals surface area contributed by atoms with Gasteiger partial charge in [0.15, 0.2) is 0 Å². The van der Waals surface area contributed by atoms with Gasteiger partial charge in [-0.25, -0.2) is 35.1 Å². The molecule has 252 valence electrons. The second kappa shape index (κ2) is 32.0. The molecule has 17 heteroatoms. The molecule has 0 radical (unpaired) electrons. The second-order valence-electron chi connectivity index (χ2n) is 7.56. The highest BCUT2D eigenvalue weighted by molar-refractivity contribution is 4.65. The number of hydrogen-bond acceptors (Lipinski definition) is 9. The molecule has 2 N–H and O–H groups in total. The molecule has 0 aliphatic carbocycles. The van der Waals surface area contributed by atoms with Crippen LogP contribution >= 0.6 is 0 Å². The van der Waals surface area contributed by atoms with E-state index in [1.165, 1.54) is 0 Å². The van der Waals surface area contributed by atoms with Crippen molar-refractivity contribution in [3.05, 3.63) is 0 Å². The van der Waals surface area contributed by atoms with E-state index in [9.17, 15) is 35.1 Å². The van der Waals surface area contributed by atoms with Gasteiger partial charge in [0.1, 0.15) is 0 Å². The van der Waals surface area contributed by atoms with Gasteiger partial charge in [0, 0.05) is 12.8 Å². The van der Waals surface area contributed by atoms with Gasteiger partial charge in [0.2, 0.25) is 0 Å². The van der Waals surface area contributed by atoms with Crippen molar-refractivity contribution in [2.75, 3.05) is 106 Å². The van der Waals surface area contributed by atoms with Gasteiger partial charge in [-0.1, -0.05) is 13.8 Å². The van der Waals surface area contributed by atoms with Crippen LogP contribution in [0.15, 0.2) is 0 Å². The van der Waals surface area contributed by atoms with Crippen LogP contribution in [0.3, 0.4) is 0 Å². The van der Waals surface area contributed by atoms with Crippen LogP contribution in [0.4, 0.5) is 35.1 Å². The number of rotatable bonds is 26. The Morgan fingerprint density at radius 3 is 0.683 bits per heavy atom. The molecule has 0 aliphatic heterocycles. The van der Waals surface area contributed by atoms with Crippen molar-refractivity contribution in [3.8, 4) is 0 Å². The smallest absolute Gasteiger partial charge is 0.307 e. The van der Waals surface area contributed by atoms with E-state index in [-0.39, 0.29) is 13.2 Å². The minimum Gasteiger partial charge on any atom is -0.394 e. The molecular formula is C24H46F8O9. The number of hydrogen-bond donors (Lipinski definition) is 2. The Morgan fingerprint density at radius 1 is 0.415 bits per heavy atom. The number of halogens is 8. The van der Waals surface area contributed by atoms with Gasteiger partial charge in [-0.2, -0.15) is 0 Å². The number of ether oxygens (including phenoxy) is 7. The van der Waals surface area contributed by atoms with Gasteiger partial charge in [-0.15, -0.1) is 0 Å². The maximum absolute atomic E-state index is 11.5. The van der Waals surface area contributed by atoms with Crippen LogP contribution in [0.2, 0.25) is 0 Å². The first-order chi connectivity index (χ1) is 19.4. The maximum atomic E-state index is 11.5. The molecule has 0 spiro atoms. The van der Waals surface area contributed by atoms with Crippen LogP contribution in [-0.2, 0) is 33.2 Å². The van der Waals surface area contributed by atoms with E-state index in [1.54, 1.807) is 0 Å². The van der Waals surface area contributed by atoms with Crippen LogP contribution in [0, 0.1) is 0 Å². The minimum atomic E-state index is -3.79. The molecule has 0 amide bonds. The molecule has 0 atom stereocenters. The van der Waals surface area contributed by atoms with Crippen molar-refractivity contribution in [3.63, 3.8) is 0 Å². The van der Waals surface area contributed by atoms with Crippen LogP contribution < -0.4 is 0 Å². The second-order valence-corrected chi connectivity index (χ2v) is 7.56. The quantitative estimate of drug-likeness (QED) is 0.109. The summed E-state index contributed by atoms with van der Waals surface area (Å²) in [6.45, 7) is 8.84. The summed E-state index contributed by atoms with van der Waals surface area (Å²) in [6, 6.07) is 0. The molecule has 0 saturated carbocycles. The molecule has 0 unspecified atom stereocenters. The van der Waals surface area contributed by atoms with Gasteiger partial charge in [-0.05, 0) is 0 Å². The lowest BCUT2D eigenvalue weighted by Crippen LogP contribution is -2.24. The Kier molecular flexibility index (Phi) is 34.8. The molecule has 0 heterocycles. The fraction of sp³-hybridized carbons (Fsp3) is 1.00. The Hall–Kier alpha value is -0.920. The summed E-state index contributed by atoms with van der Waals surface area (Å²) in [4.78, 5) is 0. The molecule has 0 fully saturated rings. The molecule has 9 nitrogen and oxygen atoms in total. The summed E-state index contributed by atoms with van der Waals surface area (Å²) in [6.07, 6.45) is -8.64. The zero-order valence-electron chi connectivity index (χ0n) is 23.7. The van der Waals surface area contributed by atoms with Crippen LogP contribution in [0.5, 0.6) is 0 Å². The van der Waals surface area contributed by atoms with E-state index >= 15 is 0 Å². The molecule has 0 aliphatic rings. The SMILES string of the molecule is CCC(F)(F)C(F)F.CCC(F)(F)C(F)F.OCCOCCOCCOCCOCCOCCOCCOCCO. The Balaban J connectivity index is -0.000000731. The van der Waals surface area contributed by atoms with Crippen LogP contribution in [-0.4, -0.2) is 141 Å². The lowest BCUT2D eigenvalue weighted by molar-refractivity contribution is -0.129. The van der Waals surface area contributed by atoms with Crippen molar-refractivity contribution in [1.82, 2.24) is 0 Å². The van der Waals surface area contributed by atoms with Gasteiger partial charge in [-0.3, -0.25) is 0 Å². The van der Waals surface area contributed by atoms with E-state index in [4.69, 9.17) is 43.4 Å². The topological polar surface area (TPSA) is 105 Å². The molecule has 0 aromatic carbocycles. The predicted molar refractivity (Wildman–Crippen MR) is 132 cm³/mol. The summed E-state index contributed by atoms with van der Waals surface area (Å²) in [5.41, 5.74) is 0. The first-order valence-corrected chi connectivity index (χ1v) is 13.0. The zero-order valence-corrected chi connectivity index (χ0v) is 23.7.